The SMILES string of the molecule is CNCc1nnnn1CC(=O)N[C@H](C)[C@H]1C(=O)N2C(C(=O)O)=C(SC3CNC(C(=O)N(C)C)C3)[C@H](C)[C@H]12. The lowest BCUT2D eigenvalue weighted by atomic mass is 9.78. The molecule has 6 atom stereocenters. The number of aliphatic carboxylic acids is 1. The zero-order chi connectivity index (χ0) is 27.0. The van der Waals surface area contributed by atoms with Crippen LogP contribution in [-0.2, 0) is 32.3 Å². The number of carbonyl (C=O) groups is 4. The van der Waals surface area contributed by atoms with Crippen LogP contribution in [0, 0.1) is 11.8 Å². The number of carboxylic acids is 1. The van der Waals surface area contributed by atoms with Crippen molar-refractivity contribution in [1.29, 1.82) is 0 Å². The molecule has 3 aliphatic heterocycles. The van der Waals surface area contributed by atoms with Gasteiger partial charge in [0.15, 0.2) is 5.82 Å². The van der Waals surface area contributed by atoms with Crippen LogP contribution in [0.5, 0.6) is 0 Å². The Hall–Kier alpha value is -3.04. The summed E-state index contributed by atoms with van der Waals surface area (Å²) < 4.78 is 1.38. The van der Waals surface area contributed by atoms with Crippen molar-refractivity contribution in [2.24, 2.45) is 11.8 Å². The Labute approximate surface area is 218 Å². The number of rotatable bonds is 10. The van der Waals surface area contributed by atoms with Crippen molar-refractivity contribution in [2.45, 2.75) is 56.7 Å². The van der Waals surface area contributed by atoms with E-state index in [4.69, 9.17) is 0 Å². The number of nitrogens with zero attached hydrogens (tertiary/aromatic N) is 6. The highest BCUT2D eigenvalue weighted by molar-refractivity contribution is 8.03. The summed E-state index contributed by atoms with van der Waals surface area (Å²) >= 11 is 1.43. The average molecular weight is 536 g/mol. The van der Waals surface area contributed by atoms with Crippen molar-refractivity contribution in [3.8, 4) is 0 Å². The van der Waals surface area contributed by atoms with Crippen LogP contribution < -0.4 is 16.0 Å². The Kier molecular flexibility index (Phi) is 7.85. The highest BCUT2D eigenvalue weighted by atomic mass is 32.2. The number of hydrogen-bond donors (Lipinski definition) is 4. The number of nitrogens with one attached hydrogen (secondary N) is 3. The summed E-state index contributed by atoms with van der Waals surface area (Å²) in [5, 5.41) is 30.3. The van der Waals surface area contributed by atoms with E-state index in [-0.39, 0.29) is 53.2 Å². The normalized spacial score (nSPS) is 27.6. The molecule has 4 N–H and O–H groups in total. The number of fused-ring (bicyclic) bond motifs is 1. The third kappa shape index (κ3) is 5.07. The molecule has 202 valence electrons. The molecule has 1 aromatic heterocycles. The lowest BCUT2D eigenvalue weighted by molar-refractivity contribution is -0.158. The standard InChI is InChI=1S/C22H33N9O5S/c1-10-17-16(11(2)25-15(32)9-30-14(8-23-3)26-27-28-30)21(34)31(17)18(22(35)36)19(10)37-12-6-13(24-7-12)20(33)29(4)5/h10-13,16-17,23-24H,6-9H2,1-5H3,(H,25,32)(H,35,36)/t10-,11-,12?,13?,16-,17-/m1/s1. The molecule has 4 heterocycles. The molecule has 3 aliphatic rings. The van der Waals surface area contributed by atoms with Crippen molar-refractivity contribution in [2.75, 3.05) is 27.7 Å². The molecular formula is C22H33N9O5S. The van der Waals surface area contributed by atoms with Crippen LogP contribution in [0.3, 0.4) is 0 Å². The Bertz CT molecular complexity index is 1120. The van der Waals surface area contributed by atoms with Crippen molar-refractivity contribution < 1.29 is 24.3 Å². The van der Waals surface area contributed by atoms with E-state index in [1.807, 2.05) is 6.92 Å². The van der Waals surface area contributed by atoms with Crippen LogP contribution in [0.4, 0.5) is 0 Å². The van der Waals surface area contributed by atoms with Crippen molar-refractivity contribution in [3.05, 3.63) is 16.4 Å². The van der Waals surface area contributed by atoms with Gasteiger partial charge in [-0.25, -0.2) is 9.48 Å². The quantitative estimate of drug-likeness (QED) is 0.249. The van der Waals surface area contributed by atoms with Gasteiger partial charge in [0.25, 0.3) is 0 Å². The van der Waals surface area contributed by atoms with E-state index >= 15 is 0 Å². The van der Waals surface area contributed by atoms with E-state index < -0.39 is 17.9 Å². The second-order valence-corrected chi connectivity index (χ2v) is 11.2. The number of tetrazole rings is 1. The Morgan fingerprint density at radius 3 is 2.70 bits per heavy atom. The summed E-state index contributed by atoms with van der Waals surface area (Å²) in [5.41, 5.74) is 0.00931. The third-order valence-corrected chi connectivity index (χ3v) is 8.59. The summed E-state index contributed by atoms with van der Waals surface area (Å²) in [6, 6.07) is -1.19. The molecule has 0 aromatic carbocycles. The van der Waals surface area contributed by atoms with Gasteiger partial charge in [-0.3, -0.25) is 14.4 Å². The average Bonchev–Trinajstić information content (AvgIpc) is 3.52. The first-order valence-corrected chi connectivity index (χ1v) is 13.0. The van der Waals surface area contributed by atoms with E-state index in [0.29, 0.717) is 30.2 Å². The minimum atomic E-state index is -1.15. The second kappa shape index (κ2) is 10.8. The van der Waals surface area contributed by atoms with E-state index in [2.05, 4.69) is 31.5 Å². The zero-order valence-electron chi connectivity index (χ0n) is 21.5. The van der Waals surface area contributed by atoms with Crippen molar-refractivity contribution in [1.82, 2.24) is 46.0 Å². The van der Waals surface area contributed by atoms with Gasteiger partial charge in [-0.05, 0) is 30.8 Å². The highest BCUT2D eigenvalue weighted by Gasteiger charge is 2.60. The molecule has 3 amide bonds. The molecule has 0 aliphatic carbocycles. The topological polar surface area (TPSA) is 175 Å². The molecule has 37 heavy (non-hydrogen) atoms. The summed E-state index contributed by atoms with van der Waals surface area (Å²) in [5.74, 6) is -2.09. The number of thioether (sulfide) groups is 1. The lowest BCUT2D eigenvalue weighted by Crippen LogP contribution is -2.66. The van der Waals surface area contributed by atoms with Gasteiger partial charge in [-0.2, -0.15) is 0 Å². The molecule has 0 radical (unpaired) electrons. The third-order valence-electron chi connectivity index (χ3n) is 7.08. The Balaban J connectivity index is 1.42. The number of likely N-dealkylation sites (N-methyl/N-ethyl adjacent to an activating group) is 1. The minimum absolute atomic E-state index is 0.00757. The fraction of sp³-hybridized carbons (Fsp3) is 0.682. The van der Waals surface area contributed by atoms with Gasteiger partial charge in [0.2, 0.25) is 17.7 Å². The van der Waals surface area contributed by atoms with Gasteiger partial charge in [-0.15, -0.1) is 16.9 Å². The molecule has 0 bridgehead atoms. The van der Waals surface area contributed by atoms with Crippen molar-refractivity contribution in [3.63, 3.8) is 0 Å². The van der Waals surface area contributed by atoms with Crippen LogP contribution in [0.25, 0.3) is 0 Å². The van der Waals surface area contributed by atoms with E-state index in [1.165, 1.54) is 26.2 Å². The second-order valence-electron chi connectivity index (χ2n) is 9.84. The monoisotopic (exact) mass is 535 g/mol. The van der Waals surface area contributed by atoms with Gasteiger partial charge in [0, 0.05) is 42.8 Å². The number of aromatic nitrogens is 4. The van der Waals surface area contributed by atoms with Crippen molar-refractivity contribution >= 4 is 35.5 Å². The van der Waals surface area contributed by atoms with Gasteiger partial charge in [0.1, 0.15) is 12.2 Å². The Morgan fingerprint density at radius 1 is 1.32 bits per heavy atom. The predicted octanol–water partition coefficient (Wildman–Crippen LogP) is -1.78. The molecule has 2 unspecified atom stereocenters. The summed E-state index contributed by atoms with van der Waals surface area (Å²) in [4.78, 5) is 53.9. The van der Waals surface area contributed by atoms with E-state index in [1.54, 1.807) is 28.1 Å². The summed E-state index contributed by atoms with van der Waals surface area (Å²) in [7, 11) is 5.15. The maximum Gasteiger partial charge on any atom is 0.353 e. The van der Waals surface area contributed by atoms with Gasteiger partial charge in [-0.1, -0.05) is 6.92 Å². The molecule has 0 spiro atoms. The van der Waals surface area contributed by atoms with Crippen LogP contribution in [-0.4, -0.2) is 110 Å². The maximum atomic E-state index is 13.1. The molecule has 0 saturated carbocycles. The zero-order valence-corrected chi connectivity index (χ0v) is 22.3. The molecule has 4 rings (SSSR count). The molecular weight excluding hydrogens is 502 g/mol. The number of carboxylic acid groups (broad SMARTS) is 1. The number of carbonyl (C=O) groups excluding carboxylic acids is 3. The van der Waals surface area contributed by atoms with Crippen LogP contribution in [0.2, 0.25) is 0 Å². The lowest BCUT2D eigenvalue weighted by Gasteiger charge is -2.47. The molecule has 15 heteroatoms. The fourth-order valence-corrected chi connectivity index (χ4v) is 6.80. The number of hydrogen-bond acceptors (Lipinski definition) is 10. The first-order chi connectivity index (χ1) is 17.5. The minimum Gasteiger partial charge on any atom is -0.477 e. The smallest absolute Gasteiger partial charge is 0.353 e. The first kappa shape index (κ1) is 27.0. The largest absolute Gasteiger partial charge is 0.477 e. The van der Waals surface area contributed by atoms with E-state index in [9.17, 15) is 24.3 Å². The van der Waals surface area contributed by atoms with Crippen LogP contribution in [0.15, 0.2) is 10.6 Å². The number of amides is 3. The fourth-order valence-electron chi connectivity index (χ4n) is 5.33. The maximum absolute atomic E-state index is 13.1. The van der Waals surface area contributed by atoms with Gasteiger partial charge in [0.05, 0.1) is 24.5 Å². The molecule has 14 nitrogen and oxygen atoms in total. The van der Waals surface area contributed by atoms with Gasteiger partial charge >= 0.3 is 5.97 Å². The summed E-state index contributed by atoms with van der Waals surface area (Å²) in [6.45, 7) is 4.54. The Morgan fingerprint density at radius 2 is 2.05 bits per heavy atom. The predicted molar refractivity (Wildman–Crippen MR) is 133 cm³/mol. The number of β-lactam (4-membered cyclic amide) rings is 1. The van der Waals surface area contributed by atoms with Gasteiger partial charge < -0.3 is 30.9 Å². The molecule has 1 aromatic rings. The summed E-state index contributed by atoms with van der Waals surface area (Å²) in [6.07, 6.45) is 0.575. The highest BCUT2D eigenvalue weighted by Crippen LogP contribution is 2.51. The van der Waals surface area contributed by atoms with Crippen LogP contribution >= 0.6 is 11.8 Å². The molecule has 2 saturated heterocycles. The first-order valence-electron chi connectivity index (χ1n) is 12.2. The molecule has 2 fully saturated rings. The van der Waals surface area contributed by atoms with Crippen LogP contribution in [0.1, 0.15) is 26.1 Å². The van der Waals surface area contributed by atoms with E-state index in [0.717, 1.165) is 0 Å².